The van der Waals surface area contributed by atoms with Gasteiger partial charge in [0.1, 0.15) is 6.04 Å². The van der Waals surface area contributed by atoms with Crippen LogP contribution in [0.3, 0.4) is 0 Å². The topological polar surface area (TPSA) is 71.0 Å². The minimum Gasteiger partial charge on any atom is -0.352 e. The van der Waals surface area contributed by atoms with Crippen LogP contribution in [0.25, 0.3) is 0 Å². The average molecular weight is 486 g/mol. The van der Waals surface area contributed by atoms with Gasteiger partial charge in [0.15, 0.2) is 0 Å². The predicted molar refractivity (Wildman–Crippen MR) is 128 cm³/mol. The number of aromatic nitrogens is 2. The van der Waals surface area contributed by atoms with Gasteiger partial charge in [-0.05, 0) is 54.2 Å². The molecule has 0 aliphatic carbocycles. The van der Waals surface area contributed by atoms with Crippen LogP contribution in [0.5, 0.6) is 0 Å². The van der Waals surface area contributed by atoms with E-state index in [0.717, 1.165) is 28.9 Å². The van der Waals surface area contributed by atoms with E-state index in [4.69, 9.17) is 5.10 Å². The van der Waals surface area contributed by atoms with Crippen molar-refractivity contribution in [2.24, 2.45) is 5.92 Å². The first-order valence-corrected chi connectivity index (χ1v) is 11.6. The van der Waals surface area contributed by atoms with Crippen LogP contribution in [0.15, 0.2) is 48.7 Å². The fraction of sp³-hybridized carbons (Fsp3) is 0.385. The largest absolute Gasteiger partial charge is 0.405 e. The molecule has 186 valence electrons. The number of nitrogens with zero attached hydrogens (tertiary/aromatic N) is 2. The number of carbonyl (C=O) groups excluding carboxylic acids is 1. The summed E-state index contributed by atoms with van der Waals surface area (Å²) in [4.78, 5) is 12.3. The standard InChI is InChI=1S/C26H30F3N5O/c1-16-5-4-6-17(2)22(16)15-34-14-18(3)23(33-34)11-19-7-9-20(10-8-19)12-30-25(35)21-13-31-32-24(21)26(27,28)29/h4-10,14,21,24,31-32H,11-13,15H2,1-3H3,(H,30,35). The molecule has 1 amide bonds. The van der Waals surface area contributed by atoms with Gasteiger partial charge < -0.3 is 5.32 Å². The molecular weight excluding hydrogens is 455 g/mol. The van der Waals surface area contributed by atoms with Gasteiger partial charge in [0.05, 0.1) is 18.2 Å². The summed E-state index contributed by atoms with van der Waals surface area (Å²) in [5.74, 6) is -1.82. The second kappa shape index (κ2) is 10.2. The summed E-state index contributed by atoms with van der Waals surface area (Å²) in [6.45, 7) is 7.10. The van der Waals surface area contributed by atoms with Crippen molar-refractivity contribution in [3.05, 3.63) is 87.7 Å². The molecule has 1 fully saturated rings. The summed E-state index contributed by atoms with van der Waals surface area (Å²) in [5.41, 5.74) is 12.3. The summed E-state index contributed by atoms with van der Waals surface area (Å²) in [6, 6.07) is 12.1. The number of rotatable bonds is 7. The van der Waals surface area contributed by atoms with E-state index in [0.29, 0.717) is 6.42 Å². The first-order valence-electron chi connectivity index (χ1n) is 11.6. The van der Waals surface area contributed by atoms with Crippen LogP contribution in [0.4, 0.5) is 13.2 Å². The summed E-state index contributed by atoms with van der Waals surface area (Å²) in [6.07, 6.45) is -1.76. The zero-order chi connectivity index (χ0) is 25.2. The smallest absolute Gasteiger partial charge is 0.352 e. The Labute approximate surface area is 202 Å². The maximum absolute atomic E-state index is 13.0. The third-order valence-electron chi connectivity index (χ3n) is 6.54. The molecule has 0 bridgehead atoms. The highest BCUT2D eigenvalue weighted by atomic mass is 19.4. The number of halogens is 3. The Morgan fingerprint density at radius 1 is 1.06 bits per heavy atom. The number of benzene rings is 2. The van der Waals surface area contributed by atoms with Crippen LogP contribution in [0.2, 0.25) is 0 Å². The SMILES string of the molecule is Cc1cn(Cc2c(C)cccc2C)nc1Cc1ccc(CNC(=O)C2CNNC2C(F)(F)F)cc1. The zero-order valence-corrected chi connectivity index (χ0v) is 20.0. The van der Waals surface area contributed by atoms with Gasteiger partial charge in [-0.3, -0.25) is 14.9 Å². The van der Waals surface area contributed by atoms with Crippen LogP contribution in [0, 0.1) is 26.7 Å². The van der Waals surface area contributed by atoms with E-state index < -0.39 is 24.0 Å². The van der Waals surface area contributed by atoms with Crippen molar-refractivity contribution in [1.82, 2.24) is 25.9 Å². The fourth-order valence-corrected chi connectivity index (χ4v) is 4.42. The van der Waals surface area contributed by atoms with Gasteiger partial charge in [0.25, 0.3) is 0 Å². The molecule has 2 unspecified atom stereocenters. The summed E-state index contributed by atoms with van der Waals surface area (Å²) >= 11 is 0. The fourth-order valence-electron chi connectivity index (χ4n) is 4.42. The minimum atomic E-state index is -4.49. The average Bonchev–Trinajstić information content (AvgIpc) is 3.43. The number of hydrogen-bond acceptors (Lipinski definition) is 4. The van der Waals surface area contributed by atoms with E-state index in [1.807, 2.05) is 35.9 Å². The molecule has 0 saturated carbocycles. The highest BCUT2D eigenvalue weighted by Gasteiger charge is 2.50. The first kappa shape index (κ1) is 24.9. The lowest BCUT2D eigenvalue weighted by Crippen LogP contribution is -2.48. The normalized spacial score (nSPS) is 18.1. The molecule has 1 aliphatic heterocycles. The molecule has 4 rings (SSSR count). The number of hydrazine groups is 1. The Hall–Kier alpha value is -3.17. The molecule has 6 nitrogen and oxygen atoms in total. The van der Waals surface area contributed by atoms with E-state index in [2.05, 4.69) is 54.4 Å². The third-order valence-corrected chi connectivity index (χ3v) is 6.54. The minimum absolute atomic E-state index is 0.0651. The Morgan fingerprint density at radius 3 is 2.37 bits per heavy atom. The Morgan fingerprint density at radius 2 is 1.71 bits per heavy atom. The van der Waals surface area contributed by atoms with Crippen LogP contribution in [-0.4, -0.2) is 34.5 Å². The summed E-state index contributed by atoms with van der Waals surface area (Å²) in [5, 5.41) is 7.41. The van der Waals surface area contributed by atoms with Crippen molar-refractivity contribution in [2.45, 2.75) is 52.5 Å². The quantitative estimate of drug-likeness (QED) is 0.477. The molecule has 1 aliphatic rings. The maximum atomic E-state index is 13.0. The molecule has 1 aromatic heterocycles. The molecule has 0 spiro atoms. The van der Waals surface area contributed by atoms with E-state index in [1.54, 1.807) is 0 Å². The van der Waals surface area contributed by atoms with Gasteiger partial charge in [0, 0.05) is 25.7 Å². The number of alkyl halides is 3. The van der Waals surface area contributed by atoms with Crippen molar-refractivity contribution in [1.29, 1.82) is 0 Å². The number of nitrogens with one attached hydrogen (secondary N) is 3. The second-order valence-electron chi connectivity index (χ2n) is 9.19. The maximum Gasteiger partial charge on any atom is 0.405 e. The monoisotopic (exact) mass is 485 g/mol. The molecule has 2 aromatic carbocycles. The van der Waals surface area contributed by atoms with Gasteiger partial charge in [0.2, 0.25) is 5.91 Å². The molecule has 2 heterocycles. The number of aryl methyl sites for hydroxylation is 3. The number of amides is 1. The molecule has 3 N–H and O–H groups in total. The van der Waals surface area contributed by atoms with Crippen LogP contribution in [-0.2, 0) is 24.3 Å². The van der Waals surface area contributed by atoms with Gasteiger partial charge in [-0.15, -0.1) is 0 Å². The van der Waals surface area contributed by atoms with E-state index in [1.165, 1.54) is 16.7 Å². The lowest BCUT2D eigenvalue weighted by molar-refractivity contribution is -0.166. The molecule has 0 radical (unpaired) electrons. The van der Waals surface area contributed by atoms with Crippen molar-refractivity contribution in [3.8, 4) is 0 Å². The molecule has 9 heteroatoms. The van der Waals surface area contributed by atoms with Gasteiger partial charge in [-0.1, -0.05) is 42.5 Å². The molecule has 1 saturated heterocycles. The van der Waals surface area contributed by atoms with Crippen molar-refractivity contribution in [2.75, 3.05) is 6.54 Å². The summed E-state index contributed by atoms with van der Waals surface area (Å²) < 4.78 is 41.1. The number of hydrogen-bond donors (Lipinski definition) is 3. The third kappa shape index (κ3) is 5.91. The molecule has 3 aromatic rings. The van der Waals surface area contributed by atoms with E-state index in [-0.39, 0.29) is 13.1 Å². The van der Waals surface area contributed by atoms with Gasteiger partial charge in [-0.2, -0.15) is 18.3 Å². The van der Waals surface area contributed by atoms with Crippen molar-refractivity contribution >= 4 is 5.91 Å². The van der Waals surface area contributed by atoms with Crippen LogP contribution in [0.1, 0.15) is 39.1 Å². The molecule has 2 atom stereocenters. The first-order chi connectivity index (χ1) is 16.6. The summed E-state index contributed by atoms with van der Waals surface area (Å²) in [7, 11) is 0. The highest BCUT2D eigenvalue weighted by molar-refractivity contribution is 5.80. The Balaban J connectivity index is 1.35. The predicted octanol–water partition coefficient (Wildman–Crippen LogP) is 3.72. The number of carbonyl (C=O) groups is 1. The molecule has 35 heavy (non-hydrogen) atoms. The van der Waals surface area contributed by atoms with Gasteiger partial charge in [-0.25, -0.2) is 5.43 Å². The second-order valence-corrected chi connectivity index (χ2v) is 9.19. The van der Waals surface area contributed by atoms with E-state index >= 15 is 0 Å². The molecular formula is C26H30F3N5O. The lowest BCUT2D eigenvalue weighted by Gasteiger charge is -2.20. The van der Waals surface area contributed by atoms with Crippen molar-refractivity contribution < 1.29 is 18.0 Å². The highest BCUT2D eigenvalue weighted by Crippen LogP contribution is 2.27. The van der Waals surface area contributed by atoms with Crippen molar-refractivity contribution in [3.63, 3.8) is 0 Å². The lowest BCUT2D eigenvalue weighted by atomic mass is 10.0. The van der Waals surface area contributed by atoms with Crippen LogP contribution >= 0.6 is 0 Å². The van der Waals surface area contributed by atoms with Crippen LogP contribution < -0.4 is 16.2 Å². The van der Waals surface area contributed by atoms with Gasteiger partial charge >= 0.3 is 6.18 Å². The Bertz CT molecular complexity index is 1170. The Kier molecular flexibility index (Phi) is 7.28. The van der Waals surface area contributed by atoms with E-state index in [9.17, 15) is 18.0 Å². The zero-order valence-electron chi connectivity index (χ0n) is 20.0.